The lowest BCUT2D eigenvalue weighted by Gasteiger charge is -2.31. The van der Waals surface area contributed by atoms with Crippen LogP contribution in [0.2, 0.25) is 0 Å². The van der Waals surface area contributed by atoms with Gasteiger partial charge in [0, 0.05) is 23.9 Å². The van der Waals surface area contributed by atoms with Crippen molar-refractivity contribution in [2.45, 2.75) is 44.9 Å². The molecule has 84 valence electrons. The van der Waals surface area contributed by atoms with Gasteiger partial charge < -0.3 is 5.73 Å². The number of aromatic nitrogens is 1. The van der Waals surface area contributed by atoms with Gasteiger partial charge in [-0.05, 0) is 25.0 Å². The molecule has 1 aromatic rings. The monoisotopic (exact) mass is 206 g/mol. The summed E-state index contributed by atoms with van der Waals surface area (Å²) >= 11 is 0. The summed E-state index contributed by atoms with van der Waals surface area (Å²) in [6.07, 6.45) is 6.45. The number of pyridine rings is 1. The van der Waals surface area contributed by atoms with E-state index in [9.17, 15) is 0 Å². The molecule has 0 amide bonds. The Morgan fingerprint density at radius 1 is 1.20 bits per heavy atom. The molecule has 15 heavy (non-hydrogen) atoms. The zero-order chi connectivity index (χ0) is 11.1. The Kier molecular flexibility index (Phi) is 4.76. The number of nitrogens with two attached hydrogens (primary N) is 1. The van der Waals surface area contributed by atoms with Crippen LogP contribution in [0.4, 0.5) is 0 Å². The Morgan fingerprint density at radius 3 is 2.27 bits per heavy atom. The number of nitrogens with zero attached hydrogens (tertiary/aromatic N) is 1. The third-order valence-corrected chi connectivity index (χ3v) is 3.06. The highest BCUT2D eigenvalue weighted by Crippen LogP contribution is 2.31. The fourth-order valence-corrected chi connectivity index (χ4v) is 2.32. The lowest BCUT2D eigenvalue weighted by molar-refractivity contribution is 0.356. The molecule has 2 heteroatoms. The van der Waals surface area contributed by atoms with Crippen molar-refractivity contribution in [3.8, 4) is 0 Å². The van der Waals surface area contributed by atoms with E-state index in [1.165, 1.54) is 0 Å². The zero-order valence-electron chi connectivity index (χ0n) is 9.87. The average molecular weight is 206 g/mol. The molecular weight excluding hydrogens is 184 g/mol. The average Bonchev–Trinajstić information content (AvgIpc) is 2.30. The normalized spacial score (nSPS) is 11.7. The molecule has 0 radical (unpaired) electrons. The van der Waals surface area contributed by atoms with Gasteiger partial charge in [0.25, 0.3) is 0 Å². The second kappa shape index (κ2) is 5.86. The molecule has 0 aliphatic rings. The van der Waals surface area contributed by atoms with E-state index in [1.807, 2.05) is 12.3 Å². The Bertz CT molecular complexity index is 263. The molecule has 0 aliphatic carbocycles. The van der Waals surface area contributed by atoms with E-state index in [4.69, 9.17) is 5.73 Å². The van der Waals surface area contributed by atoms with Crippen LogP contribution in [0.15, 0.2) is 24.4 Å². The van der Waals surface area contributed by atoms with Gasteiger partial charge >= 0.3 is 0 Å². The van der Waals surface area contributed by atoms with Gasteiger partial charge in [0.2, 0.25) is 0 Å². The molecule has 0 bridgehead atoms. The van der Waals surface area contributed by atoms with Crippen LogP contribution >= 0.6 is 0 Å². The molecule has 0 spiro atoms. The van der Waals surface area contributed by atoms with Crippen LogP contribution in [0.5, 0.6) is 0 Å². The van der Waals surface area contributed by atoms with E-state index in [0.717, 1.165) is 31.4 Å². The van der Waals surface area contributed by atoms with Crippen LogP contribution in [0.1, 0.15) is 45.2 Å². The predicted octanol–water partition coefficient (Wildman–Crippen LogP) is 2.88. The first-order valence-electron chi connectivity index (χ1n) is 5.90. The van der Waals surface area contributed by atoms with Crippen molar-refractivity contribution < 1.29 is 0 Å². The van der Waals surface area contributed by atoms with Crippen molar-refractivity contribution in [3.05, 3.63) is 30.1 Å². The topological polar surface area (TPSA) is 38.9 Å². The van der Waals surface area contributed by atoms with Crippen molar-refractivity contribution in [2.24, 2.45) is 5.73 Å². The number of hydrogen-bond donors (Lipinski definition) is 1. The Morgan fingerprint density at radius 2 is 1.87 bits per heavy atom. The van der Waals surface area contributed by atoms with E-state index in [0.29, 0.717) is 6.54 Å². The molecule has 1 heterocycles. The largest absolute Gasteiger partial charge is 0.330 e. The lowest BCUT2D eigenvalue weighted by Crippen LogP contribution is -2.35. The van der Waals surface area contributed by atoms with Crippen molar-refractivity contribution in [1.82, 2.24) is 4.98 Å². The quantitative estimate of drug-likeness (QED) is 0.777. The second-order valence-electron chi connectivity index (χ2n) is 4.20. The van der Waals surface area contributed by atoms with Gasteiger partial charge in [0.1, 0.15) is 0 Å². The van der Waals surface area contributed by atoms with E-state index in [1.54, 1.807) is 0 Å². The maximum absolute atomic E-state index is 5.97. The van der Waals surface area contributed by atoms with Gasteiger partial charge in [0.05, 0.1) is 0 Å². The molecule has 2 N–H and O–H groups in total. The Balaban J connectivity index is 2.97. The summed E-state index contributed by atoms with van der Waals surface area (Å²) in [5, 5.41) is 0. The molecule has 0 atom stereocenters. The van der Waals surface area contributed by atoms with E-state index in [2.05, 4.69) is 31.0 Å². The van der Waals surface area contributed by atoms with Crippen LogP contribution in [0.3, 0.4) is 0 Å². The maximum Gasteiger partial charge on any atom is 0.0477 e. The minimum atomic E-state index is 0.102. The molecule has 0 saturated carbocycles. The van der Waals surface area contributed by atoms with Crippen LogP contribution in [-0.4, -0.2) is 11.5 Å². The van der Waals surface area contributed by atoms with Crippen molar-refractivity contribution >= 4 is 0 Å². The summed E-state index contributed by atoms with van der Waals surface area (Å²) in [4.78, 5) is 4.48. The highest BCUT2D eigenvalue weighted by molar-refractivity contribution is 5.17. The molecule has 1 aromatic heterocycles. The van der Waals surface area contributed by atoms with Gasteiger partial charge in [-0.2, -0.15) is 0 Å². The Hall–Kier alpha value is -0.890. The second-order valence-corrected chi connectivity index (χ2v) is 4.20. The van der Waals surface area contributed by atoms with Crippen LogP contribution in [0.25, 0.3) is 0 Å². The molecule has 0 fully saturated rings. The van der Waals surface area contributed by atoms with Gasteiger partial charge in [-0.15, -0.1) is 0 Å². The lowest BCUT2D eigenvalue weighted by atomic mass is 9.76. The predicted molar refractivity (Wildman–Crippen MR) is 64.8 cm³/mol. The van der Waals surface area contributed by atoms with Crippen LogP contribution < -0.4 is 5.73 Å². The molecule has 2 nitrogen and oxygen atoms in total. The van der Waals surface area contributed by atoms with Crippen molar-refractivity contribution in [2.75, 3.05) is 6.54 Å². The third-order valence-electron chi connectivity index (χ3n) is 3.06. The van der Waals surface area contributed by atoms with Crippen molar-refractivity contribution in [3.63, 3.8) is 0 Å². The van der Waals surface area contributed by atoms with Gasteiger partial charge in [0.15, 0.2) is 0 Å². The van der Waals surface area contributed by atoms with E-state index >= 15 is 0 Å². The summed E-state index contributed by atoms with van der Waals surface area (Å²) in [6, 6.07) is 6.12. The summed E-state index contributed by atoms with van der Waals surface area (Å²) < 4.78 is 0. The van der Waals surface area contributed by atoms with Crippen LogP contribution in [-0.2, 0) is 5.41 Å². The molecule has 0 unspecified atom stereocenters. The molecule has 0 aromatic carbocycles. The molecule has 0 saturated heterocycles. The first-order valence-corrected chi connectivity index (χ1v) is 5.90. The summed E-state index contributed by atoms with van der Waals surface area (Å²) in [5.41, 5.74) is 7.24. The highest BCUT2D eigenvalue weighted by Gasteiger charge is 2.29. The zero-order valence-corrected chi connectivity index (χ0v) is 9.87. The van der Waals surface area contributed by atoms with Crippen molar-refractivity contribution in [1.29, 1.82) is 0 Å². The third kappa shape index (κ3) is 2.78. The first-order chi connectivity index (χ1) is 7.29. The maximum atomic E-state index is 5.97. The van der Waals surface area contributed by atoms with Crippen LogP contribution in [0, 0.1) is 0 Å². The summed E-state index contributed by atoms with van der Waals surface area (Å²) in [5.74, 6) is 0. The summed E-state index contributed by atoms with van der Waals surface area (Å²) in [6.45, 7) is 5.12. The number of hydrogen-bond acceptors (Lipinski definition) is 2. The van der Waals surface area contributed by atoms with E-state index < -0.39 is 0 Å². The molecular formula is C13H22N2. The molecule has 1 rings (SSSR count). The summed E-state index contributed by atoms with van der Waals surface area (Å²) in [7, 11) is 0. The number of rotatable bonds is 6. The van der Waals surface area contributed by atoms with Gasteiger partial charge in [-0.1, -0.05) is 32.8 Å². The first kappa shape index (κ1) is 12.2. The minimum absolute atomic E-state index is 0.102. The highest BCUT2D eigenvalue weighted by atomic mass is 14.7. The fraction of sp³-hybridized carbons (Fsp3) is 0.615. The smallest absolute Gasteiger partial charge is 0.0477 e. The minimum Gasteiger partial charge on any atom is -0.330 e. The van der Waals surface area contributed by atoms with E-state index in [-0.39, 0.29) is 5.41 Å². The SMILES string of the molecule is CCCC(CN)(CCC)c1ccccn1. The van der Waals surface area contributed by atoms with Gasteiger partial charge in [-0.3, -0.25) is 4.98 Å². The Labute approximate surface area is 92.9 Å². The fourth-order valence-electron chi connectivity index (χ4n) is 2.32. The standard InChI is InChI=1S/C13H22N2/c1-3-8-13(11-14,9-4-2)12-7-5-6-10-15-12/h5-7,10H,3-4,8-9,11,14H2,1-2H3. The molecule has 0 aliphatic heterocycles. The van der Waals surface area contributed by atoms with Gasteiger partial charge in [-0.25, -0.2) is 0 Å².